The molecule has 31 heavy (non-hydrogen) atoms. The van der Waals surface area contributed by atoms with Gasteiger partial charge in [0.1, 0.15) is 12.4 Å². The van der Waals surface area contributed by atoms with Crippen LogP contribution >= 0.6 is 0 Å². The summed E-state index contributed by atoms with van der Waals surface area (Å²) in [6.07, 6.45) is 0. The van der Waals surface area contributed by atoms with Gasteiger partial charge in [0.2, 0.25) is 11.8 Å². The Bertz CT molecular complexity index is 890. The molecule has 0 unspecified atom stereocenters. The number of piperazine rings is 1. The highest BCUT2D eigenvalue weighted by atomic mass is 16.5. The fourth-order valence-corrected chi connectivity index (χ4v) is 3.47. The first-order valence-corrected chi connectivity index (χ1v) is 10.3. The van der Waals surface area contributed by atoms with Crippen LogP contribution in [0.3, 0.4) is 0 Å². The van der Waals surface area contributed by atoms with E-state index in [9.17, 15) is 14.4 Å². The third-order valence-corrected chi connectivity index (χ3v) is 4.90. The zero-order chi connectivity index (χ0) is 22.2. The summed E-state index contributed by atoms with van der Waals surface area (Å²) in [4.78, 5) is 40.0. The standard InChI is InChI=1S/C23H28N4O4/c1-17(28)24-20-14-19(15-21(16-20)25-18(2)29)23(30)27-10-8-26(9-11-27)12-13-31-22-6-4-3-5-7-22/h3-7,14-16H,8-13H2,1-2H3,(H,24,28)(H,25,29). The van der Waals surface area contributed by atoms with Crippen molar-refractivity contribution in [2.45, 2.75) is 13.8 Å². The molecule has 1 heterocycles. The van der Waals surface area contributed by atoms with Crippen LogP contribution in [0.25, 0.3) is 0 Å². The Hall–Kier alpha value is -3.39. The van der Waals surface area contributed by atoms with Crippen molar-refractivity contribution >= 4 is 29.1 Å². The highest BCUT2D eigenvalue weighted by molar-refractivity contribution is 6.00. The van der Waals surface area contributed by atoms with E-state index in [1.54, 1.807) is 23.1 Å². The molecule has 164 valence electrons. The molecular weight excluding hydrogens is 396 g/mol. The van der Waals surface area contributed by atoms with Crippen LogP contribution in [-0.2, 0) is 9.59 Å². The molecule has 1 saturated heterocycles. The number of ether oxygens (including phenoxy) is 1. The molecule has 0 spiro atoms. The summed E-state index contributed by atoms with van der Waals surface area (Å²) in [5.74, 6) is 0.235. The summed E-state index contributed by atoms with van der Waals surface area (Å²) >= 11 is 0. The molecule has 0 bridgehead atoms. The average Bonchev–Trinajstić information content (AvgIpc) is 2.73. The van der Waals surface area contributed by atoms with Crippen LogP contribution in [-0.4, -0.2) is 66.9 Å². The molecule has 1 aliphatic rings. The Kier molecular flexibility index (Phi) is 7.61. The second-order valence-corrected chi connectivity index (χ2v) is 7.46. The van der Waals surface area contributed by atoms with E-state index < -0.39 is 0 Å². The van der Waals surface area contributed by atoms with Crippen molar-refractivity contribution in [1.29, 1.82) is 0 Å². The predicted molar refractivity (Wildman–Crippen MR) is 119 cm³/mol. The van der Waals surface area contributed by atoms with Crippen molar-refractivity contribution in [3.8, 4) is 5.75 Å². The van der Waals surface area contributed by atoms with E-state index in [1.165, 1.54) is 13.8 Å². The third kappa shape index (κ3) is 6.82. The van der Waals surface area contributed by atoms with Gasteiger partial charge in [-0.05, 0) is 30.3 Å². The number of para-hydroxylation sites is 1. The summed E-state index contributed by atoms with van der Waals surface area (Å²) in [5, 5.41) is 5.35. The van der Waals surface area contributed by atoms with Crippen molar-refractivity contribution in [3.63, 3.8) is 0 Å². The van der Waals surface area contributed by atoms with Crippen LogP contribution in [0, 0.1) is 0 Å². The smallest absolute Gasteiger partial charge is 0.254 e. The predicted octanol–water partition coefficient (Wildman–Crippen LogP) is 2.44. The number of carbonyl (C=O) groups excluding carboxylic acids is 3. The highest BCUT2D eigenvalue weighted by Gasteiger charge is 2.23. The zero-order valence-corrected chi connectivity index (χ0v) is 17.9. The van der Waals surface area contributed by atoms with Gasteiger partial charge in [0, 0.05) is 63.5 Å². The van der Waals surface area contributed by atoms with Gasteiger partial charge in [-0.15, -0.1) is 0 Å². The molecule has 2 aromatic carbocycles. The molecule has 8 heteroatoms. The SMILES string of the molecule is CC(=O)Nc1cc(NC(C)=O)cc(C(=O)N2CCN(CCOc3ccccc3)CC2)c1. The Balaban J connectivity index is 1.56. The average molecular weight is 425 g/mol. The second kappa shape index (κ2) is 10.6. The maximum Gasteiger partial charge on any atom is 0.254 e. The van der Waals surface area contributed by atoms with E-state index >= 15 is 0 Å². The summed E-state index contributed by atoms with van der Waals surface area (Å²) in [7, 11) is 0. The number of hydrogen-bond donors (Lipinski definition) is 2. The minimum Gasteiger partial charge on any atom is -0.492 e. The summed E-state index contributed by atoms with van der Waals surface area (Å²) in [5.41, 5.74) is 1.37. The van der Waals surface area contributed by atoms with E-state index in [0.717, 1.165) is 25.4 Å². The van der Waals surface area contributed by atoms with Gasteiger partial charge in [0.05, 0.1) is 0 Å². The number of carbonyl (C=O) groups is 3. The number of hydrogen-bond acceptors (Lipinski definition) is 5. The number of rotatable bonds is 7. The van der Waals surface area contributed by atoms with Crippen LogP contribution in [0.5, 0.6) is 5.75 Å². The molecule has 0 radical (unpaired) electrons. The first-order valence-electron chi connectivity index (χ1n) is 10.3. The van der Waals surface area contributed by atoms with Crippen molar-refractivity contribution < 1.29 is 19.1 Å². The lowest BCUT2D eigenvalue weighted by Gasteiger charge is -2.34. The van der Waals surface area contributed by atoms with Crippen LogP contribution in [0.2, 0.25) is 0 Å². The fraction of sp³-hybridized carbons (Fsp3) is 0.348. The van der Waals surface area contributed by atoms with Gasteiger partial charge < -0.3 is 20.3 Å². The van der Waals surface area contributed by atoms with Crippen LogP contribution < -0.4 is 15.4 Å². The van der Waals surface area contributed by atoms with Crippen molar-refractivity contribution in [3.05, 3.63) is 54.1 Å². The normalized spacial score (nSPS) is 14.1. The van der Waals surface area contributed by atoms with E-state index in [-0.39, 0.29) is 17.7 Å². The molecule has 3 amide bonds. The first-order chi connectivity index (χ1) is 14.9. The topological polar surface area (TPSA) is 91.0 Å². The van der Waals surface area contributed by atoms with Crippen molar-refractivity contribution in [1.82, 2.24) is 9.80 Å². The molecule has 1 fully saturated rings. The molecule has 0 atom stereocenters. The molecule has 0 aliphatic carbocycles. The van der Waals surface area contributed by atoms with Gasteiger partial charge in [-0.1, -0.05) is 18.2 Å². The van der Waals surface area contributed by atoms with Gasteiger partial charge in [0.15, 0.2) is 0 Å². The van der Waals surface area contributed by atoms with E-state index in [0.29, 0.717) is 36.6 Å². The fourth-order valence-electron chi connectivity index (χ4n) is 3.47. The van der Waals surface area contributed by atoms with Gasteiger partial charge in [-0.2, -0.15) is 0 Å². The summed E-state index contributed by atoms with van der Waals surface area (Å²) < 4.78 is 5.75. The van der Waals surface area contributed by atoms with Gasteiger partial charge in [-0.25, -0.2) is 0 Å². The largest absolute Gasteiger partial charge is 0.492 e. The summed E-state index contributed by atoms with van der Waals surface area (Å²) in [6.45, 7) is 6.90. The Morgan fingerprint density at radius 2 is 1.45 bits per heavy atom. The number of nitrogens with zero attached hydrogens (tertiary/aromatic N) is 2. The maximum absolute atomic E-state index is 13.0. The Labute approximate surface area is 182 Å². The highest BCUT2D eigenvalue weighted by Crippen LogP contribution is 2.21. The lowest BCUT2D eigenvalue weighted by atomic mass is 10.1. The van der Waals surface area contributed by atoms with Gasteiger partial charge in [0.25, 0.3) is 5.91 Å². The molecular formula is C23H28N4O4. The van der Waals surface area contributed by atoms with Crippen LogP contribution in [0.1, 0.15) is 24.2 Å². The number of nitrogens with one attached hydrogen (secondary N) is 2. The van der Waals surface area contributed by atoms with E-state index in [1.807, 2.05) is 30.3 Å². The maximum atomic E-state index is 13.0. The number of amides is 3. The lowest BCUT2D eigenvalue weighted by molar-refractivity contribution is -0.115. The molecule has 8 nitrogen and oxygen atoms in total. The van der Waals surface area contributed by atoms with E-state index in [4.69, 9.17) is 4.74 Å². The quantitative estimate of drug-likeness (QED) is 0.713. The first kappa shape index (κ1) is 22.3. The number of anilines is 2. The molecule has 0 aromatic heterocycles. The minimum absolute atomic E-state index is 0.126. The van der Waals surface area contributed by atoms with Crippen molar-refractivity contribution in [2.75, 3.05) is 50.0 Å². The Morgan fingerprint density at radius 1 is 0.871 bits per heavy atom. The molecule has 2 aromatic rings. The number of benzene rings is 2. The van der Waals surface area contributed by atoms with Gasteiger partial charge in [-0.3, -0.25) is 19.3 Å². The summed E-state index contributed by atoms with van der Waals surface area (Å²) in [6, 6.07) is 14.6. The lowest BCUT2D eigenvalue weighted by Crippen LogP contribution is -2.49. The monoisotopic (exact) mass is 424 g/mol. The molecule has 2 N–H and O–H groups in total. The zero-order valence-electron chi connectivity index (χ0n) is 17.9. The molecule has 3 rings (SSSR count). The van der Waals surface area contributed by atoms with Gasteiger partial charge >= 0.3 is 0 Å². The molecule has 0 saturated carbocycles. The molecule has 1 aliphatic heterocycles. The Morgan fingerprint density at radius 3 is 2.00 bits per heavy atom. The van der Waals surface area contributed by atoms with Crippen molar-refractivity contribution in [2.24, 2.45) is 0 Å². The second-order valence-electron chi connectivity index (χ2n) is 7.46. The van der Waals surface area contributed by atoms with Crippen LogP contribution in [0.15, 0.2) is 48.5 Å². The van der Waals surface area contributed by atoms with E-state index in [2.05, 4.69) is 15.5 Å². The minimum atomic E-state index is -0.246. The third-order valence-electron chi connectivity index (χ3n) is 4.90. The van der Waals surface area contributed by atoms with Crippen LogP contribution in [0.4, 0.5) is 11.4 Å².